The number of rotatable bonds is 9. The molecule has 12 heterocycles. The van der Waals surface area contributed by atoms with Crippen molar-refractivity contribution in [2.45, 2.75) is 171 Å². The van der Waals surface area contributed by atoms with Crippen LogP contribution in [0.1, 0.15) is 196 Å². The standard InChI is InChI=1S/C25H32N6.C25H33N5.C24H31N5/c1-17-6-5-13-26-22(17)19-8-4-10-21(30(19)2)24-28-18-7-3-9-20(23(18)29-24)31-15-14-27-25(16-31)11-12-25;1-18-8-7-15-26-24(18)22-11-6-12-23(29(22)3)25-27-20-9-4-5-10-21(20)30(25)19-13-16-28(2)17-14-19;1-17-7-6-14-25-23(17)20-9-5-10-21(26-20)24-27-19-8-3-4-11-22(19)29(24)18-12-15-28(2)16-13-18/h3,5-7,9,13,19,21,27H,4,8,10-12,14-16H2,1-2H3,(H,28,29);4-5,7-10,15,19,22-23H,6,11-14,16-17H2,1-3H3;3-4,6-8,11,14,18,20-21,26H,5,9-10,12-13,15-16H2,1-2H3. The van der Waals surface area contributed by atoms with Gasteiger partial charge in [-0.1, -0.05) is 48.5 Å². The molecule has 3 aromatic carbocycles. The predicted octanol–water partition coefficient (Wildman–Crippen LogP) is 13.6. The minimum Gasteiger partial charge on any atom is -0.367 e. The highest BCUT2D eigenvalue weighted by Crippen LogP contribution is 2.45. The van der Waals surface area contributed by atoms with Crippen LogP contribution in [0.4, 0.5) is 5.69 Å². The summed E-state index contributed by atoms with van der Waals surface area (Å²) in [6, 6.07) is 39.6. The summed E-state index contributed by atoms with van der Waals surface area (Å²) in [5.41, 5.74) is 16.2. The van der Waals surface area contributed by atoms with E-state index in [2.05, 4.69) is 183 Å². The maximum Gasteiger partial charge on any atom is 0.127 e. The quantitative estimate of drug-likeness (QED) is 0.126. The SMILES string of the molecule is Cc1cccnc1C1CCCC(c2nc3c(N4CCNC5(CC5)C4)cccc3[nH]2)N1C.Cc1cccnc1C1CCCC(c2nc3ccccc3n2C2CCN(C)CC2)N1.Cc1cccnc1C1CCCC(c2nc3ccccc3n2C2CCN(C)CC2)N1C. The Labute approximate surface area is 533 Å². The van der Waals surface area contributed by atoms with Crippen molar-refractivity contribution in [3.05, 3.63) is 173 Å². The number of nitrogens with zero attached hydrogens (tertiary/aromatic N) is 13. The van der Waals surface area contributed by atoms with Gasteiger partial charge in [0.05, 0.1) is 86.6 Å². The van der Waals surface area contributed by atoms with Crippen LogP contribution in [0.3, 0.4) is 0 Å². The van der Waals surface area contributed by atoms with E-state index in [9.17, 15) is 0 Å². The number of imidazole rings is 3. The molecule has 7 aliphatic rings. The Hall–Kier alpha value is -6.92. The third-order valence-corrected chi connectivity index (χ3v) is 21.7. The number of hydrogen-bond acceptors (Lipinski definition) is 13. The minimum atomic E-state index is 0.280. The molecule has 16 rings (SSSR count). The molecule has 6 aromatic heterocycles. The van der Waals surface area contributed by atoms with Crippen molar-refractivity contribution in [2.24, 2.45) is 0 Å². The molecule has 6 atom stereocenters. The molecule has 472 valence electrons. The molecule has 1 saturated carbocycles. The topological polar surface area (TPSA) is 143 Å². The molecule has 6 saturated heterocycles. The smallest absolute Gasteiger partial charge is 0.127 e. The first-order valence-electron chi connectivity index (χ1n) is 34.2. The Balaban J connectivity index is 0.000000118. The molecular formula is C74H96N16. The van der Waals surface area contributed by atoms with E-state index in [1.807, 2.05) is 36.8 Å². The second-order valence-electron chi connectivity index (χ2n) is 27.7. The molecule has 7 fully saturated rings. The molecule has 0 radical (unpaired) electrons. The largest absolute Gasteiger partial charge is 0.367 e. The van der Waals surface area contributed by atoms with Crippen molar-refractivity contribution in [3.8, 4) is 0 Å². The molecule has 90 heavy (non-hydrogen) atoms. The third-order valence-electron chi connectivity index (χ3n) is 21.7. The Morgan fingerprint density at radius 3 is 1.57 bits per heavy atom. The first kappa shape index (κ1) is 60.6. The second-order valence-corrected chi connectivity index (χ2v) is 27.7. The lowest BCUT2D eigenvalue weighted by atomic mass is 9.91. The van der Waals surface area contributed by atoms with Crippen LogP contribution >= 0.6 is 0 Å². The number of para-hydroxylation sites is 5. The number of hydrogen-bond donors (Lipinski definition) is 3. The van der Waals surface area contributed by atoms with Crippen molar-refractivity contribution >= 4 is 38.8 Å². The number of H-pyrrole nitrogens is 1. The zero-order valence-electron chi connectivity index (χ0n) is 54.5. The fourth-order valence-electron chi connectivity index (χ4n) is 16.4. The van der Waals surface area contributed by atoms with Crippen molar-refractivity contribution in [3.63, 3.8) is 0 Å². The number of benzene rings is 3. The van der Waals surface area contributed by atoms with Crippen LogP contribution in [0.25, 0.3) is 33.1 Å². The highest BCUT2D eigenvalue weighted by Gasteiger charge is 2.46. The Morgan fingerprint density at radius 2 is 0.978 bits per heavy atom. The summed E-state index contributed by atoms with van der Waals surface area (Å²) >= 11 is 0. The first-order chi connectivity index (χ1) is 44.0. The van der Waals surface area contributed by atoms with Crippen molar-refractivity contribution in [1.29, 1.82) is 0 Å². The molecular weight excluding hydrogens is 1110 g/mol. The normalized spacial score (nSPS) is 24.9. The van der Waals surface area contributed by atoms with Gasteiger partial charge < -0.3 is 34.1 Å². The van der Waals surface area contributed by atoms with E-state index in [4.69, 9.17) is 29.9 Å². The Kier molecular flexibility index (Phi) is 17.8. The fourth-order valence-corrected chi connectivity index (χ4v) is 16.4. The van der Waals surface area contributed by atoms with Crippen LogP contribution in [0.2, 0.25) is 0 Å². The molecule has 1 spiro atoms. The number of piperazine rings is 1. The van der Waals surface area contributed by atoms with E-state index in [1.54, 1.807) is 0 Å². The van der Waals surface area contributed by atoms with Gasteiger partial charge in [0.1, 0.15) is 23.0 Å². The summed E-state index contributed by atoms with van der Waals surface area (Å²) in [7, 11) is 8.98. The monoisotopic (exact) mass is 1210 g/mol. The van der Waals surface area contributed by atoms with Crippen LogP contribution in [0.5, 0.6) is 0 Å². The lowest BCUT2D eigenvalue weighted by molar-refractivity contribution is 0.100. The number of aromatic amines is 1. The highest BCUT2D eigenvalue weighted by molar-refractivity contribution is 5.89. The van der Waals surface area contributed by atoms with Crippen molar-refractivity contribution in [1.82, 2.24) is 74.3 Å². The molecule has 6 aliphatic heterocycles. The number of nitrogens with one attached hydrogen (secondary N) is 3. The third kappa shape index (κ3) is 12.4. The number of aryl methyl sites for hydroxylation is 3. The Bertz CT molecular complexity index is 3900. The van der Waals surface area contributed by atoms with Gasteiger partial charge in [0.15, 0.2) is 0 Å². The van der Waals surface area contributed by atoms with Crippen LogP contribution in [0.15, 0.2) is 122 Å². The molecule has 3 N–H and O–H groups in total. The van der Waals surface area contributed by atoms with Crippen molar-refractivity contribution in [2.75, 3.05) is 78.9 Å². The summed E-state index contributed by atoms with van der Waals surface area (Å²) in [6.07, 6.45) is 23.7. The minimum absolute atomic E-state index is 0.280. The van der Waals surface area contributed by atoms with E-state index in [0.29, 0.717) is 47.8 Å². The summed E-state index contributed by atoms with van der Waals surface area (Å²) in [5.74, 6) is 3.57. The summed E-state index contributed by atoms with van der Waals surface area (Å²) < 4.78 is 5.16. The maximum atomic E-state index is 5.22. The molecule has 16 heteroatoms. The zero-order valence-corrected chi connectivity index (χ0v) is 54.5. The number of aromatic nitrogens is 9. The van der Waals surface area contributed by atoms with Gasteiger partial charge in [0, 0.05) is 55.8 Å². The van der Waals surface area contributed by atoms with E-state index in [1.165, 1.54) is 126 Å². The lowest BCUT2D eigenvalue weighted by Gasteiger charge is -2.40. The molecule has 6 unspecified atom stereocenters. The predicted molar refractivity (Wildman–Crippen MR) is 363 cm³/mol. The number of anilines is 1. The average Bonchev–Trinajstić information content (AvgIpc) is 1.80. The van der Waals surface area contributed by atoms with Crippen LogP contribution < -0.4 is 15.5 Å². The van der Waals surface area contributed by atoms with Crippen LogP contribution in [0, 0.1) is 20.8 Å². The maximum absolute atomic E-state index is 5.22. The number of likely N-dealkylation sites (tertiary alicyclic amines) is 4. The van der Waals surface area contributed by atoms with Crippen LogP contribution in [-0.2, 0) is 0 Å². The van der Waals surface area contributed by atoms with Gasteiger partial charge in [-0.05, 0) is 243 Å². The number of piperidine rings is 5. The van der Waals surface area contributed by atoms with Gasteiger partial charge in [0.25, 0.3) is 0 Å². The highest BCUT2D eigenvalue weighted by atomic mass is 15.3. The lowest BCUT2D eigenvalue weighted by Crippen LogP contribution is -2.52. The first-order valence-corrected chi connectivity index (χ1v) is 34.2. The summed E-state index contributed by atoms with van der Waals surface area (Å²) in [5, 5.41) is 7.64. The van der Waals surface area contributed by atoms with Gasteiger partial charge in [-0.3, -0.25) is 30.1 Å². The summed E-state index contributed by atoms with van der Waals surface area (Å²) in [6.45, 7) is 14.4. The van der Waals surface area contributed by atoms with Gasteiger partial charge in [-0.15, -0.1) is 0 Å². The molecule has 0 amide bonds. The van der Waals surface area contributed by atoms with Gasteiger partial charge in [-0.2, -0.15) is 0 Å². The van der Waals surface area contributed by atoms with Crippen LogP contribution in [-0.4, -0.2) is 143 Å². The number of fused-ring (bicyclic) bond motifs is 3. The van der Waals surface area contributed by atoms with E-state index < -0.39 is 0 Å². The molecule has 1 aliphatic carbocycles. The molecule has 9 aromatic rings. The second kappa shape index (κ2) is 26.4. The fraction of sp³-hybridized carbons (Fsp3) is 0.514. The van der Waals surface area contributed by atoms with E-state index in [0.717, 1.165) is 106 Å². The van der Waals surface area contributed by atoms with E-state index >= 15 is 0 Å². The van der Waals surface area contributed by atoms with Gasteiger partial charge in [-0.25, -0.2) is 15.0 Å². The zero-order chi connectivity index (χ0) is 61.5. The van der Waals surface area contributed by atoms with Gasteiger partial charge in [0.2, 0.25) is 0 Å². The molecule has 16 nitrogen and oxygen atoms in total. The van der Waals surface area contributed by atoms with E-state index in [-0.39, 0.29) is 6.04 Å². The Morgan fingerprint density at radius 1 is 0.467 bits per heavy atom. The molecule has 0 bridgehead atoms. The summed E-state index contributed by atoms with van der Waals surface area (Å²) in [4.78, 5) is 45.9. The number of pyridine rings is 3. The van der Waals surface area contributed by atoms with Gasteiger partial charge >= 0.3 is 0 Å². The van der Waals surface area contributed by atoms with Crippen molar-refractivity contribution < 1.29 is 0 Å². The average molecular weight is 1210 g/mol.